The summed E-state index contributed by atoms with van der Waals surface area (Å²) >= 11 is 0. The van der Waals surface area contributed by atoms with Crippen LogP contribution in [0.2, 0.25) is 0 Å². The van der Waals surface area contributed by atoms with Crippen molar-refractivity contribution in [1.82, 2.24) is 23.8 Å². The third kappa shape index (κ3) is 3.75. The van der Waals surface area contributed by atoms with Crippen molar-refractivity contribution in [2.24, 2.45) is 0 Å². The average molecular weight is 413 g/mol. The van der Waals surface area contributed by atoms with Crippen LogP contribution in [0.5, 0.6) is 0 Å². The number of sulfonamides is 1. The molecule has 0 unspecified atom stereocenters. The smallest absolute Gasteiger partial charge is 0.243 e. The van der Waals surface area contributed by atoms with Crippen LogP contribution in [0.25, 0.3) is 5.82 Å². The van der Waals surface area contributed by atoms with E-state index in [1.807, 2.05) is 49.7 Å². The lowest BCUT2D eigenvalue weighted by atomic mass is 10.1. The number of imidazole rings is 1. The van der Waals surface area contributed by atoms with E-state index in [4.69, 9.17) is 0 Å². The quantitative estimate of drug-likeness (QED) is 0.653. The van der Waals surface area contributed by atoms with Gasteiger partial charge in [-0.2, -0.15) is 4.31 Å². The van der Waals surface area contributed by atoms with Crippen LogP contribution in [0, 0.1) is 20.8 Å². The summed E-state index contributed by atoms with van der Waals surface area (Å²) in [6.45, 7) is 7.68. The molecule has 0 amide bonds. The van der Waals surface area contributed by atoms with E-state index in [-0.39, 0.29) is 0 Å². The normalized spacial score (nSPS) is 15.6. The van der Waals surface area contributed by atoms with Gasteiger partial charge in [0.1, 0.15) is 24.3 Å². The summed E-state index contributed by atoms with van der Waals surface area (Å²) in [5.74, 6) is 1.51. The van der Waals surface area contributed by atoms with Gasteiger partial charge in [-0.3, -0.25) is 4.57 Å². The van der Waals surface area contributed by atoms with E-state index in [9.17, 15) is 8.42 Å². The summed E-state index contributed by atoms with van der Waals surface area (Å²) < 4.78 is 29.9. The van der Waals surface area contributed by atoms with Crippen LogP contribution in [0.4, 0.5) is 5.82 Å². The highest BCUT2D eigenvalue weighted by Crippen LogP contribution is 2.26. The third-order valence-electron chi connectivity index (χ3n) is 5.17. The fourth-order valence-electron chi connectivity index (χ4n) is 3.91. The Balaban J connectivity index is 1.52. The lowest BCUT2D eigenvalue weighted by molar-refractivity contribution is 0.383. The summed E-state index contributed by atoms with van der Waals surface area (Å²) in [4.78, 5) is 15.2. The number of hydrogen-bond acceptors (Lipinski definition) is 6. The molecule has 1 aromatic carbocycles. The zero-order valence-corrected chi connectivity index (χ0v) is 17.6. The molecule has 29 heavy (non-hydrogen) atoms. The van der Waals surface area contributed by atoms with Crippen LogP contribution >= 0.6 is 0 Å². The molecule has 1 aliphatic rings. The van der Waals surface area contributed by atoms with E-state index in [2.05, 4.69) is 19.9 Å². The molecular weight excluding hydrogens is 388 g/mol. The number of nitrogens with zero attached hydrogens (tertiary/aromatic N) is 6. The molecule has 2 aromatic heterocycles. The maximum Gasteiger partial charge on any atom is 0.243 e. The standard InChI is InChI=1S/C20H24N6O2S/c1-15-10-16(2)20(17(3)11-15)29(27,28)26-8-6-24(7-9-26)18-12-19(23-13-22-18)25-5-4-21-14-25/h4-5,10-14H,6-9H2,1-3H3. The van der Waals surface area contributed by atoms with Crippen molar-refractivity contribution in [2.45, 2.75) is 25.7 Å². The first-order valence-corrected chi connectivity index (χ1v) is 10.9. The molecule has 0 aliphatic carbocycles. The monoisotopic (exact) mass is 412 g/mol. The second kappa shape index (κ2) is 7.57. The Labute approximate surface area is 170 Å². The third-order valence-corrected chi connectivity index (χ3v) is 7.38. The molecule has 3 aromatic rings. The Kier molecular flexibility index (Phi) is 5.10. The van der Waals surface area contributed by atoms with Gasteiger partial charge in [-0.05, 0) is 31.9 Å². The maximum absolute atomic E-state index is 13.3. The molecular formula is C20H24N6O2S. The van der Waals surface area contributed by atoms with Gasteiger partial charge in [0.25, 0.3) is 0 Å². The lowest BCUT2D eigenvalue weighted by Crippen LogP contribution is -2.49. The number of benzene rings is 1. The molecule has 152 valence electrons. The van der Waals surface area contributed by atoms with Gasteiger partial charge < -0.3 is 4.90 Å². The van der Waals surface area contributed by atoms with Crippen molar-refractivity contribution < 1.29 is 8.42 Å². The van der Waals surface area contributed by atoms with Gasteiger partial charge in [0.15, 0.2) is 0 Å². The molecule has 0 atom stereocenters. The van der Waals surface area contributed by atoms with Gasteiger partial charge in [-0.1, -0.05) is 17.7 Å². The van der Waals surface area contributed by atoms with Crippen molar-refractivity contribution in [1.29, 1.82) is 0 Å². The number of rotatable bonds is 4. The topological polar surface area (TPSA) is 84.2 Å². The van der Waals surface area contributed by atoms with Gasteiger partial charge in [0, 0.05) is 44.6 Å². The molecule has 1 saturated heterocycles. The SMILES string of the molecule is Cc1cc(C)c(S(=O)(=O)N2CCN(c3cc(-n4ccnc4)ncn3)CC2)c(C)c1. The first-order valence-electron chi connectivity index (χ1n) is 9.49. The van der Waals surface area contributed by atoms with Crippen molar-refractivity contribution in [2.75, 3.05) is 31.1 Å². The van der Waals surface area contributed by atoms with E-state index >= 15 is 0 Å². The van der Waals surface area contributed by atoms with E-state index in [1.54, 1.807) is 16.8 Å². The molecule has 9 heteroatoms. The Bertz CT molecular complexity index is 1100. The van der Waals surface area contributed by atoms with Gasteiger partial charge in [0.05, 0.1) is 4.90 Å². The molecule has 1 aliphatic heterocycles. The van der Waals surface area contributed by atoms with Crippen molar-refractivity contribution >= 4 is 15.8 Å². The van der Waals surface area contributed by atoms with Crippen molar-refractivity contribution in [3.05, 3.63) is 59.9 Å². The van der Waals surface area contributed by atoms with Crippen LogP contribution in [0.1, 0.15) is 16.7 Å². The summed E-state index contributed by atoms with van der Waals surface area (Å²) in [7, 11) is -3.53. The van der Waals surface area contributed by atoms with Crippen molar-refractivity contribution in [3.63, 3.8) is 0 Å². The number of aryl methyl sites for hydroxylation is 3. The average Bonchev–Trinajstić information content (AvgIpc) is 3.22. The molecule has 1 fully saturated rings. The minimum absolute atomic E-state index is 0.416. The first kappa shape index (κ1) is 19.5. The van der Waals surface area contributed by atoms with E-state index < -0.39 is 10.0 Å². The molecule has 0 radical (unpaired) electrons. The Morgan fingerprint density at radius 2 is 1.55 bits per heavy atom. The number of anilines is 1. The van der Waals surface area contributed by atoms with E-state index in [0.717, 1.165) is 28.3 Å². The highest BCUT2D eigenvalue weighted by molar-refractivity contribution is 7.89. The van der Waals surface area contributed by atoms with Crippen molar-refractivity contribution in [3.8, 4) is 5.82 Å². The molecule has 8 nitrogen and oxygen atoms in total. The molecule has 0 spiro atoms. The Morgan fingerprint density at radius 3 is 2.17 bits per heavy atom. The molecule has 0 bridgehead atoms. The number of piperazine rings is 1. The van der Waals surface area contributed by atoms with E-state index in [1.165, 1.54) is 6.33 Å². The predicted octanol–water partition coefficient (Wildman–Crippen LogP) is 2.10. The summed E-state index contributed by atoms with van der Waals surface area (Å²) in [5, 5.41) is 0. The van der Waals surface area contributed by atoms with E-state index in [0.29, 0.717) is 31.1 Å². The van der Waals surface area contributed by atoms with Crippen LogP contribution in [-0.2, 0) is 10.0 Å². The van der Waals surface area contributed by atoms with Gasteiger partial charge in [-0.25, -0.2) is 23.4 Å². The molecule has 0 saturated carbocycles. The van der Waals surface area contributed by atoms with Crippen LogP contribution < -0.4 is 4.90 Å². The minimum Gasteiger partial charge on any atom is -0.354 e. The molecule has 3 heterocycles. The highest BCUT2D eigenvalue weighted by atomic mass is 32.2. The first-order chi connectivity index (χ1) is 13.9. The minimum atomic E-state index is -3.53. The Morgan fingerprint density at radius 1 is 0.897 bits per heavy atom. The zero-order valence-electron chi connectivity index (χ0n) is 16.8. The summed E-state index contributed by atoms with van der Waals surface area (Å²) in [6, 6.07) is 5.74. The lowest BCUT2D eigenvalue weighted by Gasteiger charge is -2.35. The van der Waals surface area contributed by atoms with Crippen LogP contribution in [0.15, 0.2) is 48.1 Å². The zero-order chi connectivity index (χ0) is 20.6. The number of hydrogen-bond donors (Lipinski definition) is 0. The van der Waals surface area contributed by atoms with Gasteiger partial charge in [0.2, 0.25) is 10.0 Å². The molecule has 4 rings (SSSR count). The fourth-order valence-corrected chi connectivity index (χ4v) is 5.74. The Hall–Kier alpha value is -2.78. The van der Waals surface area contributed by atoms with Crippen LogP contribution in [-0.4, -0.2) is 58.4 Å². The maximum atomic E-state index is 13.3. The summed E-state index contributed by atoms with van der Waals surface area (Å²) in [5.41, 5.74) is 2.66. The van der Waals surface area contributed by atoms with Gasteiger partial charge >= 0.3 is 0 Å². The second-order valence-electron chi connectivity index (χ2n) is 7.32. The largest absolute Gasteiger partial charge is 0.354 e. The predicted molar refractivity (Wildman–Crippen MR) is 111 cm³/mol. The van der Waals surface area contributed by atoms with Crippen LogP contribution in [0.3, 0.4) is 0 Å². The molecule has 0 N–H and O–H groups in total. The second-order valence-corrected chi connectivity index (χ2v) is 9.20. The number of aromatic nitrogens is 4. The van der Waals surface area contributed by atoms with Gasteiger partial charge in [-0.15, -0.1) is 0 Å². The fraction of sp³-hybridized carbons (Fsp3) is 0.350. The summed E-state index contributed by atoms with van der Waals surface area (Å²) in [6.07, 6.45) is 6.72. The highest BCUT2D eigenvalue weighted by Gasteiger charge is 2.31.